The number of methoxy groups -OCH3 is 1. The molecule has 0 aliphatic carbocycles. The second-order valence-electron chi connectivity index (χ2n) is 7.95. The lowest BCUT2D eigenvalue weighted by Crippen LogP contribution is -2.52. The summed E-state index contributed by atoms with van der Waals surface area (Å²) in [6, 6.07) is 19.6. The summed E-state index contributed by atoms with van der Waals surface area (Å²) in [6.07, 6.45) is 0. The fourth-order valence-corrected chi connectivity index (χ4v) is 5.31. The second-order valence-corrected chi connectivity index (χ2v) is 9.37. The average Bonchev–Trinajstić information content (AvgIpc) is 3.34. The maximum atomic E-state index is 12.8. The first kappa shape index (κ1) is 22.6. The van der Waals surface area contributed by atoms with Gasteiger partial charge in [-0.1, -0.05) is 17.7 Å². The van der Waals surface area contributed by atoms with Gasteiger partial charge in [-0.25, -0.2) is 0 Å². The highest BCUT2D eigenvalue weighted by atomic mass is 35.5. The van der Waals surface area contributed by atoms with Gasteiger partial charge in [-0.2, -0.15) is 0 Å². The molecule has 2 heterocycles. The molecule has 1 N–H and O–H groups in total. The molecule has 0 spiro atoms. The van der Waals surface area contributed by atoms with Crippen molar-refractivity contribution in [3.63, 3.8) is 0 Å². The Hall–Kier alpha value is -2.54. The van der Waals surface area contributed by atoms with E-state index in [2.05, 4.69) is 51.7 Å². The van der Waals surface area contributed by atoms with E-state index < -0.39 is 0 Å². The number of hydrogen-bond donors (Lipinski definition) is 1. The third-order valence-corrected chi connectivity index (χ3v) is 7.11. The molecule has 32 heavy (non-hydrogen) atoms. The molecule has 2 atom stereocenters. The summed E-state index contributed by atoms with van der Waals surface area (Å²) in [5.41, 5.74) is 1.83. The first-order valence-corrected chi connectivity index (χ1v) is 12.0. The smallest absolute Gasteiger partial charge is 0.251 e. The third-order valence-electron chi connectivity index (χ3n) is 5.92. The van der Waals surface area contributed by atoms with Gasteiger partial charge in [0.05, 0.1) is 13.2 Å². The largest absolute Gasteiger partial charge is 0.497 e. The summed E-state index contributed by atoms with van der Waals surface area (Å²) in [6.45, 7) is 5.82. The van der Waals surface area contributed by atoms with Crippen LogP contribution in [0.5, 0.6) is 5.75 Å². The van der Waals surface area contributed by atoms with Crippen molar-refractivity contribution >= 4 is 34.5 Å². The number of nitrogens with zero attached hydrogens (tertiary/aromatic N) is 2. The molecule has 2 aromatic carbocycles. The van der Waals surface area contributed by atoms with Gasteiger partial charge in [-0.05, 0) is 66.9 Å². The molecule has 4 rings (SSSR count). The zero-order valence-corrected chi connectivity index (χ0v) is 19.9. The van der Waals surface area contributed by atoms with E-state index in [1.54, 1.807) is 42.7 Å². The van der Waals surface area contributed by atoms with Gasteiger partial charge in [-0.3, -0.25) is 9.69 Å². The van der Waals surface area contributed by atoms with E-state index in [0.717, 1.165) is 31.9 Å². The average molecular weight is 470 g/mol. The maximum absolute atomic E-state index is 12.8. The van der Waals surface area contributed by atoms with Crippen molar-refractivity contribution in [2.75, 3.05) is 38.2 Å². The number of ether oxygens (including phenoxy) is 1. The zero-order chi connectivity index (χ0) is 22.5. The summed E-state index contributed by atoms with van der Waals surface area (Å²) in [5.74, 6) is 0.794. The number of anilines is 1. The number of piperazine rings is 1. The van der Waals surface area contributed by atoms with E-state index in [0.29, 0.717) is 10.6 Å². The summed E-state index contributed by atoms with van der Waals surface area (Å²) >= 11 is 7.71. The SMILES string of the molecule is COc1ccc(N2CCN([C@@H](c3cccs3)[C@@H](C)NC(=O)c3ccc(Cl)cc3)CC2)cc1. The minimum Gasteiger partial charge on any atom is -0.497 e. The van der Waals surface area contributed by atoms with Gasteiger partial charge in [-0.15, -0.1) is 11.3 Å². The van der Waals surface area contributed by atoms with Crippen LogP contribution < -0.4 is 15.0 Å². The first-order chi connectivity index (χ1) is 15.5. The maximum Gasteiger partial charge on any atom is 0.251 e. The molecule has 0 saturated carbocycles. The molecule has 168 valence electrons. The quantitative estimate of drug-likeness (QED) is 0.523. The molecular weight excluding hydrogens is 442 g/mol. The van der Waals surface area contributed by atoms with Crippen molar-refractivity contribution in [2.45, 2.75) is 19.0 Å². The molecule has 0 radical (unpaired) electrons. The molecule has 0 bridgehead atoms. The van der Waals surface area contributed by atoms with Crippen molar-refractivity contribution in [1.82, 2.24) is 10.2 Å². The van der Waals surface area contributed by atoms with Gasteiger partial charge in [0.2, 0.25) is 0 Å². The van der Waals surface area contributed by atoms with Gasteiger partial charge in [0.15, 0.2) is 0 Å². The van der Waals surface area contributed by atoms with Crippen molar-refractivity contribution in [3.05, 3.63) is 81.5 Å². The van der Waals surface area contributed by atoms with Crippen LogP contribution in [0.25, 0.3) is 0 Å². The molecule has 1 aliphatic heterocycles. The van der Waals surface area contributed by atoms with E-state index in [9.17, 15) is 4.79 Å². The zero-order valence-electron chi connectivity index (χ0n) is 18.3. The molecule has 7 heteroatoms. The van der Waals surface area contributed by atoms with Crippen LogP contribution >= 0.6 is 22.9 Å². The number of rotatable bonds is 7. The minimum atomic E-state index is -0.0763. The van der Waals surface area contributed by atoms with Crippen LogP contribution in [0.2, 0.25) is 5.02 Å². The Morgan fingerprint density at radius 3 is 2.31 bits per heavy atom. The van der Waals surface area contributed by atoms with Crippen LogP contribution in [0.1, 0.15) is 28.2 Å². The number of hydrogen-bond acceptors (Lipinski definition) is 5. The number of thiophene rings is 1. The molecule has 0 unspecified atom stereocenters. The van der Waals surface area contributed by atoms with Crippen molar-refractivity contribution in [1.29, 1.82) is 0 Å². The topological polar surface area (TPSA) is 44.8 Å². The van der Waals surface area contributed by atoms with Gasteiger partial charge >= 0.3 is 0 Å². The van der Waals surface area contributed by atoms with Gasteiger partial charge in [0.1, 0.15) is 5.75 Å². The van der Waals surface area contributed by atoms with E-state index >= 15 is 0 Å². The summed E-state index contributed by atoms with van der Waals surface area (Å²) < 4.78 is 5.28. The fraction of sp³-hybridized carbons (Fsp3) is 0.320. The standard InChI is InChI=1S/C25H28ClN3O2S/c1-18(27-25(30)19-5-7-20(26)8-6-19)24(23-4-3-17-32-23)29-15-13-28(14-16-29)21-9-11-22(31-2)12-10-21/h3-12,17-18,24H,13-16H2,1-2H3,(H,27,30)/t18-,24-/m1/s1. The van der Waals surface area contributed by atoms with E-state index in [1.807, 2.05) is 12.1 Å². The van der Waals surface area contributed by atoms with Crippen LogP contribution in [0, 0.1) is 0 Å². The number of carbonyl (C=O) groups excluding carboxylic acids is 1. The fourth-order valence-electron chi connectivity index (χ4n) is 4.22. The number of halogens is 1. The molecule has 1 aromatic heterocycles. The Labute approximate surface area is 198 Å². The number of nitrogens with one attached hydrogen (secondary N) is 1. The predicted molar refractivity (Wildman–Crippen MR) is 132 cm³/mol. The lowest BCUT2D eigenvalue weighted by molar-refractivity contribution is 0.0890. The van der Waals surface area contributed by atoms with Gasteiger partial charge in [0, 0.05) is 53.4 Å². The van der Waals surface area contributed by atoms with Crippen LogP contribution in [0.4, 0.5) is 5.69 Å². The highest BCUT2D eigenvalue weighted by Crippen LogP contribution is 2.30. The Morgan fingerprint density at radius 2 is 1.72 bits per heavy atom. The highest BCUT2D eigenvalue weighted by molar-refractivity contribution is 7.10. The number of benzene rings is 2. The number of amides is 1. The highest BCUT2D eigenvalue weighted by Gasteiger charge is 2.31. The summed E-state index contributed by atoms with van der Waals surface area (Å²) in [7, 11) is 1.69. The molecule has 1 saturated heterocycles. The molecule has 1 amide bonds. The Balaban J connectivity index is 1.44. The third kappa shape index (κ3) is 5.26. The van der Waals surface area contributed by atoms with Crippen LogP contribution in [-0.4, -0.2) is 50.1 Å². The van der Waals surface area contributed by atoms with Gasteiger partial charge < -0.3 is 15.0 Å². The Kier molecular flexibility index (Phi) is 7.35. The minimum absolute atomic E-state index is 0.0376. The molecule has 1 aliphatic rings. The van der Waals surface area contributed by atoms with Crippen molar-refractivity contribution in [2.24, 2.45) is 0 Å². The summed E-state index contributed by atoms with van der Waals surface area (Å²) in [5, 5.41) is 5.94. The predicted octanol–water partition coefficient (Wildman–Crippen LogP) is 5.09. The van der Waals surface area contributed by atoms with E-state index in [-0.39, 0.29) is 18.0 Å². The second kappa shape index (κ2) is 10.4. The van der Waals surface area contributed by atoms with Crippen LogP contribution in [0.15, 0.2) is 66.0 Å². The lowest BCUT2D eigenvalue weighted by Gasteiger charge is -2.42. The van der Waals surface area contributed by atoms with E-state index in [1.165, 1.54) is 10.6 Å². The first-order valence-electron chi connectivity index (χ1n) is 10.8. The number of carbonyl (C=O) groups is 1. The lowest BCUT2D eigenvalue weighted by atomic mass is 10.0. The molecular formula is C25H28ClN3O2S. The Morgan fingerprint density at radius 1 is 1.03 bits per heavy atom. The Bertz CT molecular complexity index is 1000. The van der Waals surface area contributed by atoms with Crippen molar-refractivity contribution < 1.29 is 9.53 Å². The monoisotopic (exact) mass is 469 g/mol. The molecule has 3 aromatic rings. The normalized spacial score (nSPS) is 16.4. The van der Waals surface area contributed by atoms with Crippen molar-refractivity contribution in [3.8, 4) is 5.75 Å². The van der Waals surface area contributed by atoms with Crippen LogP contribution in [0.3, 0.4) is 0 Å². The van der Waals surface area contributed by atoms with E-state index in [4.69, 9.17) is 16.3 Å². The van der Waals surface area contributed by atoms with Gasteiger partial charge in [0.25, 0.3) is 5.91 Å². The molecule has 1 fully saturated rings. The summed E-state index contributed by atoms with van der Waals surface area (Å²) in [4.78, 5) is 19.0. The van der Waals surface area contributed by atoms with Crippen LogP contribution in [-0.2, 0) is 0 Å². The molecule has 5 nitrogen and oxygen atoms in total.